The van der Waals surface area contributed by atoms with Gasteiger partial charge in [-0.05, 0) is 45.2 Å². The molecule has 2 aliphatic rings. The van der Waals surface area contributed by atoms with Crippen LogP contribution in [0.5, 0.6) is 0 Å². The van der Waals surface area contributed by atoms with Gasteiger partial charge in [0, 0.05) is 31.2 Å². The minimum absolute atomic E-state index is 0.368. The van der Waals surface area contributed by atoms with Gasteiger partial charge in [-0.15, -0.1) is 0 Å². The van der Waals surface area contributed by atoms with Gasteiger partial charge >= 0.3 is 0 Å². The van der Waals surface area contributed by atoms with Gasteiger partial charge in [0.2, 0.25) is 0 Å². The van der Waals surface area contributed by atoms with Crippen LogP contribution in [0.2, 0.25) is 0 Å². The van der Waals surface area contributed by atoms with E-state index in [2.05, 4.69) is 24.1 Å². The molecule has 2 unspecified atom stereocenters. The van der Waals surface area contributed by atoms with Crippen molar-refractivity contribution < 1.29 is 4.74 Å². The van der Waals surface area contributed by atoms with E-state index in [9.17, 15) is 0 Å². The second-order valence-corrected chi connectivity index (χ2v) is 6.86. The lowest BCUT2D eigenvalue weighted by Crippen LogP contribution is -2.48. The van der Waals surface area contributed by atoms with Gasteiger partial charge in [0.25, 0.3) is 0 Å². The summed E-state index contributed by atoms with van der Waals surface area (Å²) in [5.41, 5.74) is 0.368. The molecular weight excluding hydrogens is 248 g/mol. The maximum absolute atomic E-state index is 5.77. The summed E-state index contributed by atoms with van der Waals surface area (Å²) in [6, 6.07) is 0.807. The van der Waals surface area contributed by atoms with Crippen molar-refractivity contribution in [3.8, 4) is 0 Å². The second kappa shape index (κ2) is 8.35. The van der Waals surface area contributed by atoms with Gasteiger partial charge in [-0.1, -0.05) is 26.7 Å². The van der Waals surface area contributed by atoms with E-state index in [1.807, 2.05) is 0 Å². The Morgan fingerprint density at radius 1 is 1.25 bits per heavy atom. The molecule has 2 rings (SSSR count). The Kier molecular flexibility index (Phi) is 6.79. The number of ether oxygens (including phenoxy) is 1. The zero-order valence-corrected chi connectivity index (χ0v) is 13.6. The first-order chi connectivity index (χ1) is 9.79. The van der Waals surface area contributed by atoms with Gasteiger partial charge in [0.1, 0.15) is 0 Å². The Hall–Kier alpha value is -0.120. The molecule has 2 aliphatic heterocycles. The van der Waals surface area contributed by atoms with Gasteiger partial charge in [-0.2, -0.15) is 0 Å². The Labute approximate surface area is 125 Å². The van der Waals surface area contributed by atoms with Crippen LogP contribution in [-0.4, -0.2) is 50.3 Å². The molecule has 0 aromatic rings. The third-order valence-electron chi connectivity index (χ3n) is 5.12. The number of hydrogen-bond donors (Lipinski definition) is 1. The fourth-order valence-electron chi connectivity index (χ4n) is 3.84. The van der Waals surface area contributed by atoms with Crippen molar-refractivity contribution in [2.45, 2.75) is 64.8 Å². The molecule has 0 aliphatic carbocycles. The van der Waals surface area contributed by atoms with E-state index in [-0.39, 0.29) is 0 Å². The second-order valence-electron chi connectivity index (χ2n) is 6.86. The predicted molar refractivity (Wildman–Crippen MR) is 85.1 cm³/mol. The molecule has 2 fully saturated rings. The first-order valence-electron chi connectivity index (χ1n) is 8.82. The van der Waals surface area contributed by atoms with E-state index in [1.165, 1.54) is 58.0 Å². The van der Waals surface area contributed by atoms with E-state index >= 15 is 0 Å². The summed E-state index contributed by atoms with van der Waals surface area (Å²) in [4.78, 5) is 2.79. The van der Waals surface area contributed by atoms with Gasteiger partial charge in [0.15, 0.2) is 0 Å². The van der Waals surface area contributed by atoms with Crippen LogP contribution in [-0.2, 0) is 4.74 Å². The molecule has 0 bridgehead atoms. The number of likely N-dealkylation sites (tertiary alicyclic amines) is 1. The maximum Gasteiger partial charge on any atom is 0.0547 e. The Morgan fingerprint density at radius 2 is 2.15 bits per heavy atom. The largest absolute Gasteiger partial charge is 0.381 e. The highest BCUT2D eigenvalue weighted by atomic mass is 16.5. The highest BCUT2D eigenvalue weighted by Gasteiger charge is 2.37. The van der Waals surface area contributed by atoms with Crippen LogP contribution in [0.4, 0.5) is 0 Å². The SMILES string of the molecule is CCCNCC1(CN2CCCCCC2CC)CCOC1. The third kappa shape index (κ3) is 4.44. The fraction of sp³-hybridized carbons (Fsp3) is 1.00. The standard InChI is InChI=1S/C17H34N2O/c1-3-10-18-13-17(9-12-20-15-17)14-19-11-7-5-6-8-16(19)4-2/h16,18H,3-15H2,1-2H3. The highest BCUT2D eigenvalue weighted by molar-refractivity contribution is 4.90. The van der Waals surface area contributed by atoms with Crippen LogP contribution in [0.1, 0.15) is 58.8 Å². The maximum atomic E-state index is 5.77. The fourth-order valence-corrected chi connectivity index (χ4v) is 3.84. The van der Waals surface area contributed by atoms with E-state index in [0.717, 1.165) is 32.3 Å². The predicted octanol–water partition coefficient (Wildman–Crippen LogP) is 3.05. The first-order valence-corrected chi connectivity index (χ1v) is 8.82. The van der Waals surface area contributed by atoms with Crippen LogP contribution < -0.4 is 5.32 Å². The molecule has 2 atom stereocenters. The molecule has 0 aromatic carbocycles. The Morgan fingerprint density at radius 3 is 2.85 bits per heavy atom. The van der Waals surface area contributed by atoms with Crippen LogP contribution >= 0.6 is 0 Å². The molecule has 2 saturated heterocycles. The van der Waals surface area contributed by atoms with Crippen molar-refractivity contribution in [3.05, 3.63) is 0 Å². The zero-order valence-electron chi connectivity index (χ0n) is 13.6. The molecule has 3 heteroatoms. The molecule has 0 saturated carbocycles. The van der Waals surface area contributed by atoms with Gasteiger partial charge in [-0.3, -0.25) is 4.90 Å². The Bertz CT molecular complexity index is 264. The highest BCUT2D eigenvalue weighted by Crippen LogP contribution is 2.32. The molecule has 118 valence electrons. The van der Waals surface area contributed by atoms with Crippen molar-refractivity contribution in [2.24, 2.45) is 5.41 Å². The summed E-state index contributed by atoms with van der Waals surface area (Å²) in [7, 11) is 0. The minimum Gasteiger partial charge on any atom is -0.381 e. The quantitative estimate of drug-likeness (QED) is 0.726. The lowest BCUT2D eigenvalue weighted by molar-refractivity contribution is 0.0845. The number of hydrogen-bond acceptors (Lipinski definition) is 3. The summed E-state index contributed by atoms with van der Waals surface area (Å²) in [5, 5.41) is 3.65. The summed E-state index contributed by atoms with van der Waals surface area (Å²) in [5.74, 6) is 0. The smallest absolute Gasteiger partial charge is 0.0547 e. The first kappa shape index (κ1) is 16.3. The van der Waals surface area contributed by atoms with E-state index in [1.54, 1.807) is 0 Å². The van der Waals surface area contributed by atoms with Crippen LogP contribution in [0.25, 0.3) is 0 Å². The van der Waals surface area contributed by atoms with E-state index in [4.69, 9.17) is 4.74 Å². The van der Waals surface area contributed by atoms with Gasteiger partial charge < -0.3 is 10.1 Å². The monoisotopic (exact) mass is 282 g/mol. The lowest BCUT2D eigenvalue weighted by atomic mass is 9.85. The lowest BCUT2D eigenvalue weighted by Gasteiger charge is -2.38. The van der Waals surface area contributed by atoms with Crippen LogP contribution in [0.15, 0.2) is 0 Å². The number of nitrogens with one attached hydrogen (secondary N) is 1. The number of nitrogens with zero attached hydrogens (tertiary/aromatic N) is 1. The van der Waals surface area contributed by atoms with Crippen molar-refractivity contribution in [3.63, 3.8) is 0 Å². The average molecular weight is 282 g/mol. The van der Waals surface area contributed by atoms with E-state index < -0.39 is 0 Å². The normalized spacial score (nSPS) is 32.4. The van der Waals surface area contributed by atoms with Crippen molar-refractivity contribution >= 4 is 0 Å². The molecule has 1 N–H and O–H groups in total. The molecule has 3 nitrogen and oxygen atoms in total. The molecule has 2 heterocycles. The summed E-state index contributed by atoms with van der Waals surface area (Å²) < 4.78 is 5.77. The van der Waals surface area contributed by atoms with Crippen molar-refractivity contribution in [2.75, 3.05) is 39.4 Å². The van der Waals surface area contributed by atoms with Gasteiger partial charge in [-0.25, -0.2) is 0 Å². The summed E-state index contributed by atoms with van der Waals surface area (Å²) in [6.07, 6.45) is 9.39. The molecule has 0 amide bonds. The molecule has 0 radical (unpaired) electrons. The van der Waals surface area contributed by atoms with Crippen LogP contribution in [0, 0.1) is 5.41 Å². The molecule has 0 aromatic heterocycles. The zero-order chi connectivity index (χ0) is 14.3. The average Bonchev–Trinajstić information content (AvgIpc) is 2.79. The van der Waals surface area contributed by atoms with Crippen molar-refractivity contribution in [1.29, 1.82) is 0 Å². The number of rotatable bonds is 7. The third-order valence-corrected chi connectivity index (χ3v) is 5.12. The van der Waals surface area contributed by atoms with Crippen LogP contribution in [0.3, 0.4) is 0 Å². The Balaban J connectivity index is 1.94. The van der Waals surface area contributed by atoms with Gasteiger partial charge in [0.05, 0.1) is 6.61 Å². The molecular formula is C17H34N2O. The summed E-state index contributed by atoms with van der Waals surface area (Å²) in [6.45, 7) is 11.3. The molecule has 20 heavy (non-hydrogen) atoms. The van der Waals surface area contributed by atoms with Crippen molar-refractivity contribution in [1.82, 2.24) is 10.2 Å². The minimum atomic E-state index is 0.368. The molecule has 0 spiro atoms. The van der Waals surface area contributed by atoms with E-state index in [0.29, 0.717) is 5.41 Å². The topological polar surface area (TPSA) is 24.5 Å². The summed E-state index contributed by atoms with van der Waals surface area (Å²) >= 11 is 0.